The van der Waals surface area contributed by atoms with Gasteiger partial charge in [0.25, 0.3) is 11.9 Å². The highest BCUT2D eigenvalue weighted by Crippen LogP contribution is 2.33. The highest BCUT2D eigenvalue weighted by Gasteiger charge is 2.22. The Kier molecular flexibility index (Phi) is 9.51. The molecule has 0 spiro atoms. The highest BCUT2D eigenvalue weighted by molar-refractivity contribution is 5.95. The average molecular weight is 533 g/mol. The van der Waals surface area contributed by atoms with Crippen molar-refractivity contribution in [3.05, 3.63) is 101 Å². The number of hydrogen-bond acceptors (Lipinski definition) is 9. The van der Waals surface area contributed by atoms with E-state index in [1.165, 1.54) is 12.4 Å². The van der Waals surface area contributed by atoms with Gasteiger partial charge in [-0.25, -0.2) is 14.8 Å². The number of nitrogen functional groups attached to an aromatic ring is 1. The lowest BCUT2D eigenvalue weighted by atomic mass is 10.0. The number of anilines is 1. The zero-order chi connectivity index (χ0) is 28.4. The van der Waals surface area contributed by atoms with Gasteiger partial charge in [0.15, 0.2) is 17.3 Å². The first-order valence-corrected chi connectivity index (χ1v) is 11.5. The summed E-state index contributed by atoms with van der Waals surface area (Å²) in [7, 11) is 1.56. The van der Waals surface area contributed by atoms with Crippen LogP contribution >= 0.6 is 0 Å². The number of carbonyl (C=O) groups is 1. The summed E-state index contributed by atoms with van der Waals surface area (Å²) in [6.07, 6.45) is 4.70. The summed E-state index contributed by atoms with van der Waals surface area (Å²) in [5, 5.41) is 22.8. The van der Waals surface area contributed by atoms with Crippen LogP contribution in [-0.2, 0) is 4.79 Å². The molecular formula is C26H28N8O5. The van der Waals surface area contributed by atoms with Crippen LogP contribution in [0.25, 0.3) is 5.95 Å². The van der Waals surface area contributed by atoms with Crippen LogP contribution in [0.5, 0.6) is 11.5 Å². The molecule has 13 heteroatoms. The summed E-state index contributed by atoms with van der Waals surface area (Å²) in [5.74, 6) is 0.680. The number of amidine groups is 1. The summed E-state index contributed by atoms with van der Waals surface area (Å²) in [5.41, 5.74) is 7.14. The Labute approximate surface area is 223 Å². The van der Waals surface area contributed by atoms with Gasteiger partial charge < -0.3 is 25.6 Å². The van der Waals surface area contributed by atoms with E-state index in [1.54, 1.807) is 55.7 Å². The van der Waals surface area contributed by atoms with Gasteiger partial charge in [-0.2, -0.15) is 0 Å². The van der Waals surface area contributed by atoms with E-state index in [0.717, 1.165) is 22.9 Å². The van der Waals surface area contributed by atoms with Gasteiger partial charge in [0, 0.05) is 30.6 Å². The number of hydrogen-bond donors (Lipinski definition) is 5. The van der Waals surface area contributed by atoms with Crippen molar-refractivity contribution in [2.24, 2.45) is 5.73 Å². The quantitative estimate of drug-likeness (QED) is 0.115. The molecule has 2 heterocycles. The third-order valence-corrected chi connectivity index (χ3v) is 5.03. The lowest BCUT2D eigenvalue weighted by Gasteiger charge is -2.20. The SMILES string of the molecule is C=CCOc1cc([C@H](Nc2ccc(C(=N)N)cc2)c2nn(-c3ncccn3)c(=O)[nH]2)ccc1OC.CC(=O)O. The summed E-state index contributed by atoms with van der Waals surface area (Å²) < 4.78 is 12.3. The van der Waals surface area contributed by atoms with Gasteiger partial charge in [0.1, 0.15) is 18.5 Å². The van der Waals surface area contributed by atoms with Crippen LogP contribution < -0.4 is 26.2 Å². The van der Waals surface area contributed by atoms with Crippen LogP contribution in [0, 0.1) is 5.41 Å². The average Bonchev–Trinajstić information content (AvgIpc) is 3.32. The van der Waals surface area contributed by atoms with E-state index in [1.807, 2.05) is 6.07 Å². The van der Waals surface area contributed by atoms with E-state index in [0.29, 0.717) is 29.5 Å². The van der Waals surface area contributed by atoms with Crippen molar-refractivity contribution < 1.29 is 19.4 Å². The predicted octanol–water partition coefficient (Wildman–Crippen LogP) is 2.50. The number of carboxylic acid groups (broad SMARTS) is 1. The molecule has 13 nitrogen and oxygen atoms in total. The van der Waals surface area contributed by atoms with Crippen molar-refractivity contribution in [2.45, 2.75) is 13.0 Å². The van der Waals surface area contributed by atoms with Gasteiger partial charge in [0.05, 0.1) is 7.11 Å². The zero-order valence-electron chi connectivity index (χ0n) is 21.3. The Bertz CT molecular complexity index is 1480. The molecule has 39 heavy (non-hydrogen) atoms. The van der Waals surface area contributed by atoms with E-state index in [4.69, 9.17) is 30.5 Å². The second kappa shape index (κ2) is 13.2. The molecular weight excluding hydrogens is 504 g/mol. The van der Waals surface area contributed by atoms with Crippen LogP contribution in [0.15, 0.2) is 78.4 Å². The van der Waals surface area contributed by atoms with Gasteiger partial charge in [-0.15, -0.1) is 9.78 Å². The van der Waals surface area contributed by atoms with Crippen molar-refractivity contribution in [2.75, 3.05) is 19.0 Å². The molecule has 0 radical (unpaired) electrons. The fourth-order valence-electron chi connectivity index (χ4n) is 3.36. The van der Waals surface area contributed by atoms with Crippen molar-refractivity contribution in [1.82, 2.24) is 24.7 Å². The first kappa shape index (κ1) is 28.1. The van der Waals surface area contributed by atoms with E-state index in [9.17, 15) is 4.79 Å². The molecule has 0 amide bonds. The van der Waals surface area contributed by atoms with E-state index < -0.39 is 17.7 Å². The number of nitrogens with one attached hydrogen (secondary N) is 3. The maximum absolute atomic E-state index is 12.7. The minimum atomic E-state index is -0.833. The number of aromatic nitrogens is 5. The molecule has 0 aliphatic carbocycles. The van der Waals surface area contributed by atoms with Crippen molar-refractivity contribution in [3.8, 4) is 17.4 Å². The number of H-pyrrole nitrogens is 1. The van der Waals surface area contributed by atoms with Gasteiger partial charge in [-0.05, 0) is 48.0 Å². The third-order valence-electron chi connectivity index (χ3n) is 5.03. The van der Waals surface area contributed by atoms with Crippen LogP contribution in [-0.4, -0.2) is 55.4 Å². The number of aliphatic carboxylic acids is 1. The number of nitrogens with two attached hydrogens (primary N) is 1. The van der Waals surface area contributed by atoms with Crippen LogP contribution in [0.3, 0.4) is 0 Å². The standard InChI is InChI=1S/C24H24N8O3.C2H4O2/c1-3-13-35-19-14-16(7-10-18(19)34-2)20(29-17-8-5-15(6-9-17)21(25)26)22-30-24(33)32(31-22)23-27-11-4-12-28-23;1-2(3)4/h3-12,14,20,29H,1,13H2,2H3,(H3,25,26)(H,30,31,33);1H3,(H,3,4)/t20-;/m0./s1. The molecule has 0 saturated carbocycles. The monoisotopic (exact) mass is 532 g/mol. The predicted molar refractivity (Wildman–Crippen MR) is 145 cm³/mol. The summed E-state index contributed by atoms with van der Waals surface area (Å²) in [4.78, 5) is 32.7. The Balaban J connectivity index is 0.000000983. The first-order valence-electron chi connectivity index (χ1n) is 11.5. The Morgan fingerprint density at radius 3 is 2.49 bits per heavy atom. The van der Waals surface area contributed by atoms with Crippen LogP contribution in [0.4, 0.5) is 5.69 Å². The minimum Gasteiger partial charge on any atom is -0.493 e. The fraction of sp³-hybridized carbons (Fsp3) is 0.154. The highest BCUT2D eigenvalue weighted by atomic mass is 16.5. The molecule has 2 aromatic carbocycles. The van der Waals surface area contributed by atoms with Gasteiger partial charge in [0.2, 0.25) is 0 Å². The molecule has 2 aromatic heterocycles. The van der Waals surface area contributed by atoms with Crippen LogP contribution in [0.2, 0.25) is 0 Å². The Morgan fingerprint density at radius 2 is 1.90 bits per heavy atom. The summed E-state index contributed by atoms with van der Waals surface area (Å²) >= 11 is 0. The maximum atomic E-state index is 12.7. The second-order valence-electron chi connectivity index (χ2n) is 7.87. The minimum absolute atomic E-state index is 0.0294. The topological polar surface area (TPSA) is 194 Å². The summed E-state index contributed by atoms with van der Waals surface area (Å²) in [6.45, 7) is 5.06. The maximum Gasteiger partial charge on any atom is 0.350 e. The molecule has 4 aromatic rings. The molecule has 1 atom stereocenters. The molecule has 0 bridgehead atoms. The number of ether oxygens (including phenoxy) is 2. The number of rotatable bonds is 10. The number of aromatic amines is 1. The zero-order valence-corrected chi connectivity index (χ0v) is 21.3. The molecule has 0 saturated heterocycles. The van der Waals surface area contributed by atoms with Crippen molar-refractivity contribution in [1.29, 1.82) is 5.41 Å². The van der Waals surface area contributed by atoms with Crippen LogP contribution in [0.1, 0.15) is 29.9 Å². The Morgan fingerprint density at radius 1 is 1.23 bits per heavy atom. The van der Waals surface area contributed by atoms with E-state index in [-0.39, 0.29) is 11.8 Å². The van der Waals surface area contributed by atoms with Gasteiger partial charge >= 0.3 is 5.69 Å². The normalized spacial score (nSPS) is 10.9. The number of nitrogens with zero attached hydrogens (tertiary/aromatic N) is 4. The van der Waals surface area contributed by atoms with E-state index in [2.05, 4.69) is 31.9 Å². The number of benzene rings is 2. The second-order valence-corrected chi connectivity index (χ2v) is 7.87. The molecule has 0 aliphatic heterocycles. The fourth-order valence-corrected chi connectivity index (χ4v) is 3.36. The lowest BCUT2D eigenvalue weighted by Crippen LogP contribution is -2.18. The van der Waals surface area contributed by atoms with Crippen molar-refractivity contribution >= 4 is 17.5 Å². The third kappa shape index (κ3) is 7.52. The van der Waals surface area contributed by atoms with Gasteiger partial charge in [-0.3, -0.25) is 15.2 Å². The summed E-state index contributed by atoms with van der Waals surface area (Å²) in [6, 6.07) is 13.5. The molecule has 0 aliphatic rings. The first-order chi connectivity index (χ1) is 18.7. The number of methoxy groups -OCH3 is 1. The largest absolute Gasteiger partial charge is 0.493 e. The lowest BCUT2D eigenvalue weighted by molar-refractivity contribution is -0.134. The van der Waals surface area contributed by atoms with Crippen molar-refractivity contribution in [3.63, 3.8) is 0 Å². The smallest absolute Gasteiger partial charge is 0.350 e. The van der Waals surface area contributed by atoms with E-state index >= 15 is 0 Å². The Hall–Kier alpha value is -5.46. The number of carboxylic acids is 1. The van der Waals surface area contributed by atoms with Gasteiger partial charge in [-0.1, -0.05) is 18.7 Å². The molecule has 0 fully saturated rings. The molecule has 4 rings (SSSR count). The molecule has 0 unspecified atom stereocenters. The molecule has 6 N–H and O–H groups in total. The molecule has 202 valence electrons.